The van der Waals surface area contributed by atoms with Crippen molar-refractivity contribution in [3.63, 3.8) is 0 Å². The van der Waals surface area contributed by atoms with Crippen molar-refractivity contribution in [2.75, 3.05) is 146 Å². The second kappa shape index (κ2) is 32.8. The van der Waals surface area contributed by atoms with Crippen molar-refractivity contribution in [1.29, 1.82) is 0 Å². The van der Waals surface area contributed by atoms with Crippen LogP contribution in [0.3, 0.4) is 0 Å². The van der Waals surface area contributed by atoms with Gasteiger partial charge in [0.2, 0.25) is 0 Å². The molecule has 0 saturated carbocycles. The molecule has 0 rings (SSSR count). The van der Waals surface area contributed by atoms with Gasteiger partial charge in [-0.2, -0.15) is 0 Å². The zero-order valence-corrected chi connectivity index (χ0v) is 23.6. The van der Waals surface area contributed by atoms with E-state index in [4.69, 9.17) is 47.4 Å². The summed E-state index contributed by atoms with van der Waals surface area (Å²) in [5, 5.41) is 0. The fourth-order valence-electron chi connectivity index (χ4n) is 2.45. The Kier molecular flexibility index (Phi) is 31.5. The van der Waals surface area contributed by atoms with Gasteiger partial charge in [0.1, 0.15) is 6.61 Å². The summed E-state index contributed by atoms with van der Waals surface area (Å²) in [6.07, 6.45) is 0.242. The minimum absolute atomic E-state index is 0.0728. The summed E-state index contributed by atoms with van der Waals surface area (Å²) < 4.78 is 62.4. The Hall–Kier alpha value is -1.46. The van der Waals surface area contributed by atoms with Gasteiger partial charge in [-0.15, -0.1) is 0 Å². The lowest BCUT2D eigenvalue weighted by molar-refractivity contribution is -0.146. The van der Waals surface area contributed by atoms with Crippen LogP contribution in [0.4, 0.5) is 0 Å². The van der Waals surface area contributed by atoms with Crippen LogP contribution in [0.15, 0.2) is 0 Å². The minimum Gasteiger partial charge on any atom is -0.469 e. The first-order valence-corrected chi connectivity index (χ1v) is 13.1. The van der Waals surface area contributed by atoms with Gasteiger partial charge < -0.3 is 56.8 Å². The number of esters is 2. The largest absolute Gasteiger partial charge is 0.469 e. The van der Waals surface area contributed by atoms with Crippen molar-refractivity contribution in [1.82, 2.24) is 0 Å². The fourth-order valence-corrected chi connectivity index (χ4v) is 2.45. The first-order valence-electron chi connectivity index (χ1n) is 13.1. The van der Waals surface area contributed by atoms with Crippen LogP contribution >= 0.6 is 0 Å². The van der Waals surface area contributed by atoms with Crippen molar-refractivity contribution in [3.8, 4) is 0 Å². The van der Waals surface area contributed by atoms with Gasteiger partial charge in [-0.1, -0.05) is 0 Å². The molecular weight excluding hydrogens is 524 g/mol. The van der Waals surface area contributed by atoms with Crippen molar-refractivity contribution < 1.29 is 66.4 Å². The second-order valence-corrected chi connectivity index (χ2v) is 7.47. The Bertz CT molecular complexity index is 479. The summed E-state index contributed by atoms with van der Waals surface area (Å²) in [4.78, 5) is 21.7. The van der Waals surface area contributed by atoms with Gasteiger partial charge in [-0.05, 0) is 0 Å². The third kappa shape index (κ3) is 32.6. The normalized spacial score (nSPS) is 11.1. The van der Waals surface area contributed by atoms with Crippen molar-refractivity contribution in [2.24, 2.45) is 0 Å². The van der Waals surface area contributed by atoms with Gasteiger partial charge in [0.15, 0.2) is 0 Å². The van der Waals surface area contributed by atoms with Gasteiger partial charge >= 0.3 is 11.9 Å². The average Bonchev–Trinajstić information content (AvgIpc) is 2.95. The van der Waals surface area contributed by atoms with Crippen molar-refractivity contribution >= 4 is 11.9 Å². The molecule has 232 valence electrons. The molecule has 0 aromatic rings. The van der Waals surface area contributed by atoms with Crippen LogP contribution in [-0.4, -0.2) is 158 Å². The van der Waals surface area contributed by atoms with Crippen LogP contribution in [0.25, 0.3) is 0 Å². The van der Waals surface area contributed by atoms with Crippen LogP contribution in [-0.2, 0) is 66.4 Å². The molecule has 0 fully saturated rings. The molecule has 0 aliphatic heterocycles. The number of rotatable bonds is 32. The van der Waals surface area contributed by atoms with E-state index < -0.39 is 5.97 Å². The molecule has 0 N–H and O–H groups in total. The summed E-state index contributed by atoms with van der Waals surface area (Å²) in [6.45, 7) is 8.51. The highest BCUT2D eigenvalue weighted by atomic mass is 16.6. The smallest absolute Gasteiger partial charge is 0.331 e. The molecule has 0 aliphatic rings. The first-order chi connectivity index (χ1) is 19.2. The van der Waals surface area contributed by atoms with Gasteiger partial charge in [-0.3, -0.25) is 4.79 Å². The fraction of sp³-hybridized carbons (Fsp3) is 0.920. The lowest BCUT2D eigenvalue weighted by atomic mass is 10.5. The summed E-state index contributed by atoms with van der Waals surface area (Å²) >= 11 is 0. The monoisotopic (exact) mass is 572 g/mol. The molecule has 0 amide bonds. The molecule has 14 heteroatoms. The Labute approximate surface area is 231 Å². The molecule has 0 spiro atoms. The first kappa shape index (κ1) is 37.5. The molecule has 0 aromatic carbocycles. The predicted octanol–water partition coefficient (Wildman–Crippen LogP) is -0.111. The van der Waals surface area contributed by atoms with Gasteiger partial charge in [0.25, 0.3) is 0 Å². The van der Waals surface area contributed by atoms with E-state index in [9.17, 15) is 9.59 Å². The molecule has 0 bridgehead atoms. The number of carbonyl (C=O) groups is 2. The van der Waals surface area contributed by atoms with Crippen LogP contribution in [0, 0.1) is 0 Å². The highest BCUT2D eigenvalue weighted by Crippen LogP contribution is 1.88. The summed E-state index contributed by atoms with van der Waals surface area (Å²) in [6, 6.07) is 0. The van der Waals surface area contributed by atoms with E-state index >= 15 is 0 Å². The number of carbonyl (C=O) groups excluding carboxylic acids is 2. The van der Waals surface area contributed by atoms with E-state index in [1.807, 2.05) is 0 Å². The quantitative estimate of drug-likeness (QED) is 0.0780. The molecule has 0 radical (unpaired) electrons. The zero-order valence-electron chi connectivity index (χ0n) is 23.6. The molecule has 0 heterocycles. The van der Waals surface area contributed by atoms with Gasteiger partial charge in [0.05, 0.1) is 146 Å². The summed E-state index contributed by atoms with van der Waals surface area (Å²) in [5.41, 5.74) is 0. The van der Waals surface area contributed by atoms with E-state index in [0.29, 0.717) is 126 Å². The van der Waals surface area contributed by atoms with Crippen molar-refractivity contribution in [3.05, 3.63) is 0 Å². The topological polar surface area (TPSA) is 145 Å². The number of hydrogen-bond donors (Lipinski definition) is 0. The lowest BCUT2D eigenvalue weighted by Crippen LogP contribution is -2.16. The Morgan fingerprint density at radius 2 is 0.564 bits per heavy atom. The standard InChI is InChI=1S/C25H48O14/c1-28-24(26)3-4-30-5-6-31-7-8-32-9-10-33-11-12-34-13-14-35-15-16-36-17-18-37-19-20-38-21-22-39-23-25(27)29-2/h3-23H2,1-2H3. The highest BCUT2D eigenvalue weighted by molar-refractivity contribution is 5.70. The zero-order chi connectivity index (χ0) is 28.5. The predicted molar refractivity (Wildman–Crippen MR) is 137 cm³/mol. The molecular formula is C25H48O14. The number of hydrogen-bond acceptors (Lipinski definition) is 14. The molecule has 0 aromatic heterocycles. The van der Waals surface area contributed by atoms with E-state index in [1.165, 1.54) is 14.2 Å². The van der Waals surface area contributed by atoms with Gasteiger partial charge in [-0.25, -0.2) is 4.79 Å². The van der Waals surface area contributed by atoms with Crippen LogP contribution in [0.1, 0.15) is 6.42 Å². The highest BCUT2D eigenvalue weighted by Gasteiger charge is 2.00. The van der Waals surface area contributed by atoms with Crippen LogP contribution < -0.4 is 0 Å². The molecule has 0 unspecified atom stereocenters. The molecule has 14 nitrogen and oxygen atoms in total. The number of ether oxygens (including phenoxy) is 12. The third-order valence-electron chi connectivity index (χ3n) is 4.47. The molecule has 0 atom stereocenters. The molecule has 0 saturated heterocycles. The van der Waals surface area contributed by atoms with Crippen LogP contribution in [0.5, 0.6) is 0 Å². The maximum atomic E-state index is 10.9. The van der Waals surface area contributed by atoms with Crippen LogP contribution in [0.2, 0.25) is 0 Å². The number of methoxy groups -OCH3 is 2. The maximum absolute atomic E-state index is 10.9. The van der Waals surface area contributed by atoms with Gasteiger partial charge in [0, 0.05) is 0 Å². The lowest BCUT2D eigenvalue weighted by Gasteiger charge is -2.09. The SMILES string of the molecule is COC(=O)CCOCCOCCOCCOCCOCCOCCOCCOCCOCCOCC(=O)OC. The van der Waals surface area contributed by atoms with E-state index in [-0.39, 0.29) is 19.0 Å². The van der Waals surface area contributed by atoms with Crippen molar-refractivity contribution in [2.45, 2.75) is 6.42 Å². The Morgan fingerprint density at radius 1 is 0.333 bits per heavy atom. The molecule has 39 heavy (non-hydrogen) atoms. The minimum atomic E-state index is -0.411. The Morgan fingerprint density at radius 3 is 0.821 bits per heavy atom. The van der Waals surface area contributed by atoms with E-state index in [2.05, 4.69) is 9.47 Å². The van der Waals surface area contributed by atoms with E-state index in [0.717, 1.165) is 0 Å². The summed E-state index contributed by atoms with van der Waals surface area (Å²) in [7, 11) is 2.66. The molecule has 0 aliphatic carbocycles. The summed E-state index contributed by atoms with van der Waals surface area (Å²) in [5.74, 6) is -0.700. The average molecular weight is 573 g/mol. The second-order valence-electron chi connectivity index (χ2n) is 7.47. The maximum Gasteiger partial charge on any atom is 0.331 e. The third-order valence-corrected chi connectivity index (χ3v) is 4.47. The Balaban J connectivity index is 3.06. The van der Waals surface area contributed by atoms with E-state index in [1.54, 1.807) is 0 Å².